The third-order valence-corrected chi connectivity index (χ3v) is 11.5. The lowest BCUT2D eigenvalue weighted by Crippen LogP contribution is -2.59. The van der Waals surface area contributed by atoms with Crippen molar-refractivity contribution in [1.82, 2.24) is 26.2 Å². The molecule has 4 amide bonds. The first-order valence-corrected chi connectivity index (χ1v) is 19.8. The Balaban J connectivity index is 2.33. The summed E-state index contributed by atoms with van der Waals surface area (Å²) in [6.45, 7) is 17.2. The van der Waals surface area contributed by atoms with E-state index in [-0.39, 0.29) is 54.2 Å². The first kappa shape index (κ1) is 48.3. The van der Waals surface area contributed by atoms with Gasteiger partial charge in [-0.05, 0) is 62.8 Å². The molecule has 1 aromatic carbocycles. The lowest BCUT2D eigenvalue weighted by molar-refractivity contribution is -0.145. The summed E-state index contributed by atoms with van der Waals surface area (Å²) in [7, 11) is 6.32. The zero-order valence-electron chi connectivity index (χ0n) is 35.7. The molecule has 0 unspecified atom stereocenters. The molecule has 14 heteroatoms. The minimum atomic E-state index is -1.32. The van der Waals surface area contributed by atoms with Crippen molar-refractivity contribution in [3.8, 4) is 0 Å². The van der Waals surface area contributed by atoms with Gasteiger partial charge in [0.15, 0.2) is 0 Å². The molecule has 2 rings (SSSR count). The van der Waals surface area contributed by atoms with E-state index >= 15 is 0 Å². The summed E-state index contributed by atoms with van der Waals surface area (Å²) in [5, 5.41) is 21.6. The maximum Gasteiger partial charge on any atom is 0.326 e. The first-order chi connectivity index (χ1) is 26.2. The highest BCUT2D eigenvalue weighted by Crippen LogP contribution is 2.42. The van der Waals surface area contributed by atoms with Crippen LogP contribution in [-0.4, -0.2) is 110 Å². The fraction of sp³-hybridized carbons (Fsp3) is 0.690. The predicted molar refractivity (Wildman–Crippen MR) is 214 cm³/mol. The van der Waals surface area contributed by atoms with E-state index in [0.29, 0.717) is 18.4 Å². The normalized spacial score (nSPS) is 17.9. The Kier molecular flexibility index (Phi) is 19.1. The maximum atomic E-state index is 14.2. The molecule has 0 saturated carbocycles. The molecule has 1 aliphatic rings. The molecule has 0 radical (unpaired) electrons. The third kappa shape index (κ3) is 13.1. The zero-order chi connectivity index (χ0) is 42.6. The highest BCUT2D eigenvalue weighted by molar-refractivity contribution is 5.90. The van der Waals surface area contributed by atoms with Crippen LogP contribution in [0.5, 0.6) is 0 Å². The quantitative estimate of drug-likeness (QED) is 0.0967. The Morgan fingerprint density at radius 2 is 1.50 bits per heavy atom. The SMILES string of the molecule is CC[C@H](C)[C@@H]([C@@H](CC(=O)N[C@@H](CC1C(C)=C1C)[C@H](OC)[C@@H](C)C(=O)N[C@@H](Cc1cccc(F)c1)C(=O)O)OC)N(C)C(=O)[C@@H](NC(=O)[C@@H](NC)C(C)C)C(C)C. The van der Waals surface area contributed by atoms with Gasteiger partial charge in [-0.3, -0.25) is 19.2 Å². The Bertz CT molecular complexity index is 1520. The maximum absolute atomic E-state index is 14.2. The summed E-state index contributed by atoms with van der Waals surface area (Å²) in [6.07, 6.45) is -0.681. The molecule has 13 nitrogen and oxygen atoms in total. The molecule has 0 spiro atoms. The number of aliphatic carboxylic acids is 1. The summed E-state index contributed by atoms with van der Waals surface area (Å²) < 4.78 is 25.7. The molecule has 9 atom stereocenters. The van der Waals surface area contributed by atoms with Gasteiger partial charge in [0.05, 0.1) is 42.7 Å². The van der Waals surface area contributed by atoms with E-state index in [2.05, 4.69) is 21.3 Å². The standard InChI is InChI=1S/C42H68FN5O8/c1-14-24(6)37(48(11)41(52)36(23(4)5)47-40(51)35(44-10)22(2)3)33(55-12)21-34(49)45-31(20-30-25(7)26(30)8)38(56-13)27(9)39(50)46-32(42(53)54)19-28-16-15-17-29(43)18-28/h15-18,22-24,27,30-33,35-38,44H,14,19-21H2,1-13H3,(H,45,49)(H,46,50)(H,47,51)(H,53,54)/t24-,27+,31-,32-,33+,35-,36-,37-,38+/m0/s1. The largest absolute Gasteiger partial charge is 0.480 e. The van der Waals surface area contributed by atoms with Crippen LogP contribution in [0.4, 0.5) is 4.39 Å². The highest BCUT2D eigenvalue weighted by atomic mass is 19.1. The van der Waals surface area contributed by atoms with E-state index in [1.54, 1.807) is 32.0 Å². The van der Waals surface area contributed by atoms with Gasteiger partial charge >= 0.3 is 5.97 Å². The number of carboxylic acid groups (broad SMARTS) is 1. The summed E-state index contributed by atoms with van der Waals surface area (Å²) >= 11 is 0. The molecule has 0 aliphatic heterocycles. The molecule has 5 N–H and O–H groups in total. The van der Waals surface area contributed by atoms with Gasteiger partial charge in [0.2, 0.25) is 23.6 Å². The Labute approximate surface area is 333 Å². The number of carboxylic acids is 1. The number of benzene rings is 1. The highest BCUT2D eigenvalue weighted by Gasteiger charge is 2.42. The molecule has 1 aliphatic carbocycles. The van der Waals surface area contributed by atoms with Gasteiger partial charge in [-0.2, -0.15) is 0 Å². The summed E-state index contributed by atoms with van der Waals surface area (Å²) in [5.74, 6) is -4.42. The van der Waals surface area contributed by atoms with Gasteiger partial charge in [-0.25, -0.2) is 9.18 Å². The number of carbonyl (C=O) groups excluding carboxylic acids is 4. The predicted octanol–water partition coefficient (Wildman–Crippen LogP) is 4.09. The number of methoxy groups -OCH3 is 2. The van der Waals surface area contributed by atoms with Crippen molar-refractivity contribution >= 4 is 29.6 Å². The van der Waals surface area contributed by atoms with Gasteiger partial charge in [0.1, 0.15) is 17.9 Å². The van der Waals surface area contributed by atoms with Gasteiger partial charge in [-0.15, -0.1) is 0 Å². The van der Waals surface area contributed by atoms with Crippen molar-refractivity contribution in [3.05, 3.63) is 46.8 Å². The number of ether oxygens (including phenoxy) is 2. The van der Waals surface area contributed by atoms with E-state index in [0.717, 1.165) is 0 Å². The van der Waals surface area contributed by atoms with Crippen molar-refractivity contribution < 1.29 is 42.9 Å². The lowest BCUT2D eigenvalue weighted by Gasteiger charge is -2.40. The molecule has 0 bridgehead atoms. The smallest absolute Gasteiger partial charge is 0.326 e. The van der Waals surface area contributed by atoms with Crippen LogP contribution in [0, 0.1) is 35.4 Å². The minimum Gasteiger partial charge on any atom is -0.480 e. The average molecular weight is 790 g/mol. The number of amides is 4. The monoisotopic (exact) mass is 790 g/mol. The number of rotatable bonds is 24. The van der Waals surface area contributed by atoms with Crippen LogP contribution in [0.2, 0.25) is 0 Å². The van der Waals surface area contributed by atoms with Gasteiger partial charge < -0.3 is 40.7 Å². The molecule has 0 heterocycles. The summed E-state index contributed by atoms with van der Waals surface area (Å²) in [4.78, 5) is 68.8. The topological polar surface area (TPSA) is 175 Å². The number of hydrogen-bond acceptors (Lipinski definition) is 8. The Morgan fingerprint density at radius 1 is 0.893 bits per heavy atom. The van der Waals surface area contributed by atoms with Crippen LogP contribution in [-0.2, 0) is 39.9 Å². The fourth-order valence-electron chi connectivity index (χ4n) is 7.62. The van der Waals surface area contributed by atoms with Crippen LogP contribution in [0.1, 0.15) is 87.1 Å². The molecule has 56 heavy (non-hydrogen) atoms. The second kappa shape index (κ2) is 22.2. The number of halogens is 1. The van der Waals surface area contributed by atoms with Crippen molar-refractivity contribution in [2.45, 2.75) is 130 Å². The number of nitrogens with zero attached hydrogens (tertiary/aromatic N) is 1. The Morgan fingerprint density at radius 3 is 1.96 bits per heavy atom. The van der Waals surface area contributed by atoms with Crippen LogP contribution >= 0.6 is 0 Å². The van der Waals surface area contributed by atoms with E-state index in [9.17, 15) is 33.5 Å². The van der Waals surface area contributed by atoms with E-state index in [4.69, 9.17) is 9.47 Å². The van der Waals surface area contributed by atoms with Gasteiger partial charge in [0.25, 0.3) is 0 Å². The van der Waals surface area contributed by atoms with Crippen molar-refractivity contribution in [2.24, 2.45) is 29.6 Å². The van der Waals surface area contributed by atoms with Gasteiger partial charge in [-0.1, -0.05) is 78.2 Å². The lowest BCUT2D eigenvalue weighted by atomic mass is 9.89. The number of allylic oxidation sites excluding steroid dienone is 2. The summed E-state index contributed by atoms with van der Waals surface area (Å²) in [5.41, 5.74) is 2.79. The van der Waals surface area contributed by atoms with Gasteiger partial charge in [0, 0.05) is 33.6 Å². The van der Waals surface area contributed by atoms with Crippen LogP contribution in [0.3, 0.4) is 0 Å². The van der Waals surface area contributed by atoms with Crippen molar-refractivity contribution in [2.75, 3.05) is 28.3 Å². The zero-order valence-corrected chi connectivity index (χ0v) is 35.7. The molecule has 1 aromatic rings. The fourth-order valence-corrected chi connectivity index (χ4v) is 7.62. The Hall–Kier alpha value is -3.88. The second-order valence-corrected chi connectivity index (χ2v) is 16.1. The van der Waals surface area contributed by atoms with Crippen molar-refractivity contribution in [1.29, 1.82) is 0 Å². The molecular formula is C42H68FN5O8. The number of carbonyl (C=O) groups is 5. The number of likely N-dealkylation sites (N-methyl/N-ethyl adjacent to an activating group) is 2. The molecule has 0 aromatic heterocycles. The van der Waals surface area contributed by atoms with Crippen molar-refractivity contribution in [3.63, 3.8) is 0 Å². The molecule has 0 fully saturated rings. The molecular weight excluding hydrogens is 721 g/mol. The molecule has 0 saturated heterocycles. The second-order valence-electron chi connectivity index (χ2n) is 16.1. The third-order valence-electron chi connectivity index (χ3n) is 11.5. The van der Waals surface area contributed by atoms with E-state index in [1.807, 2.05) is 55.4 Å². The number of nitrogens with one attached hydrogen (secondary N) is 4. The van der Waals surface area contributed by atoms with Crippen LogP contribution in [0.15, 0.2) is 35.4 Å². The number of hydrogen-bond donors (Lipinski definition) is 5. The van der Waals surface area contributed by atoms with E-state index in [1.165, 1.54) is 43.6 Å². The minimum absolute atomic E-state index is 0.000694. The van der Waals surface area contributed by atoms with Crippen LogP contribution < -0.4 is 21.3 Å². The average Bonchev–Trinajstić information content (AvgIpc) is 3.70. The molecule has 316 valence electrons. The van der Waals surface area contributed by atoms with E-state index < -0.39 is 66.0 Å². The summed E-state index contributed by atoms with van der Waals surface area (Å²) in [6, 6.07) is 1.74. The first-order valence-electron chi connectivity index (χ1n) is 19.8. The van der Waals surface area contributed by atoms with Crippen LogP contribution in [0.25, 0.3) is 0 Å².